The molecule has 0 saturated carbocycles. The molecule has 0 fully saturated rings. The van der Waals surface area contributed by atoms with Crippen molar-refractivity contribution in [3.63, 3.8) is 0 Å². The molecular weight excluding hydrogens is 256 g/mol. The molecule has 0 aromatic carbocycles. The number of hydrogen-bond donors (Lipinski definition) is 2. The van der Waals surface area contributed by atoms with Crippen LogP contribution in [-0.4, -0.2) is 45.4 Å². The van der Waals surface area contributed by atoms with E-state index in [1.54, 1.807) is 10.9 Å². The summed E-state index contributed by atoms with van der Waals surface area (Å²) in [7, 11) is 0. The van der Waals surface area contributed by atoms with E-state index < -0.39 is 5.91 Å². The summed E-state index contributed by atoms with van der Waals surface area (Å²) in [6.07, 6.45) is 6.45. The molecule has 0 bridgehead atoms. The minimum absolute atomic E-state index is 0.251. The van der Waals surface area contributed by atoms with Crippen LogP contribution in [-0.2, 0) is 6.54 Å². The van der Waals surface area contributed by atoms with Gasteiger partial charge in [0.1, 0.15) is 0 Å². The second-order valence-corrected chi connectivity index (χ2v) is 4.89. The maximum absolute atomic E-state index is 11.3. The number of rotatable bonds is 10. The highest BCUT2D eigenvalue weighted by atomic mass is 16.2. The SMILES string of the molecule is CCCCN(CCCC)CCn1cc(C(=O)NN)nn1. The number of nitrogens with one attached hydrogen (secondary N) is 1. The fourth-order valence-electron chi connectivity index (χ4n) is 1.93. The van der Waals surface area contributed by atoms with Crippen molar-refractivity contribution in [2.75, 3.05) is 19.6 Å². The molecule has 0 aliphatic heterocycles. The largest absolute Gasteiger partial charge is 0.301 e. The average Bonchev–Trinajstić information content (AvgIpc) is 2.94. The summed E-state index contributed by atoms with van der Waals surface area (Å²) in [5.74, 6) is 4.65. The molecule has 20 heavy (non-hydrogen) atoms. The van der Waals surface area contributed by atoms with E-state index in [9.17, 15) is 4.79 Å². The zero-order chi connectivity index (χ0) is 14.8. The molecule has 1 aromatic rings. The number of nitrogen functional groups attached to an aromatic ring is 1. The molecule has 1 aromatic heterocycles. The van der Waals surface area contributed by atoms with Gasteiger partial charge in [0.25, 0.3) is 5.91 Å². The van der Waals surface area contributed by atoms with Crippen molar-refractivity contribution < 1.29 is 4.79 Å². The van der Waals surface area contributed by atoms with Crippen molar-refractivity contribution in [1.82, 2.24) is 25.3 Å². The lowest BCUT2D eigenvalue weighted by atomic mass is 10.2. The molecule has 0 unspecified atom stereocenters. The van der Waals surface area contributed by atoms with Crippen LogP contribution in [0, 0.1) is 0 Å². The number of nitrogens with two attached hydrogens (primary N) is 1. The van der Waals surface area contributed by atoms with Crippen LogP contribution in [0.4, 0.5) is 0 Å². The Hall–Kier alpha value is -1.47. The molecule has 114 valence electrons. The van der Waals surface area contributed by atoms with Crippen LogP contribution in [0.15, 0.2) is 6.20 Å². The molecule has 0 saturated heterocycles. The Morgan fingerprint density at radius 2 is 1.95 bits per heavy atom. The number of carbonyl (C=O) groups excluding carboxylic acids is 1. The normalized spacial score (nSPS) is 11.0. The van der Waals surface area contributed by atoms with Gasteiger partial charge in [-0.15, -0.1) is 5.10 Å². The number of aromatic nitrogens is 3. The van der Waals surface area contributed by atoms with Gasteiger partial charge in [-0.2, -0.15) is 0 Å². The first-order chi connectivity index (χ1) is 9.71. The fraction of sp³-hybridized carbons (Fsp3) is 0.769. The molecule has 0 atom stereocenters. The van der Waals surface area contributed by atoms with E-state index in [0.717, 1.165) is 26.2 Å². The third-order valence-electron chi connectivity index (χ3n) is 3.20. The predicted octanol–water partition coefficient (Wildman–Crippen LogP) is 0.784. The number of hydrazine groups is 1. The van der Waals surface area contributed by atoms with E-state index in [2.05, 4.69) is 34.5 Å². The molecule has 7 nitrogen and oxygen atoms in total. The summed E-state index contributed by atoms with van der Waals surface area (Å²) in [4.78, 5) is 13.7. The fourth-order valence-corrected chi connectivity index (χ4v) is 1.93. The van der Waals surface area contributed by atoms with Crippen molar-refractivity contribution in [2.24, 2.45) is 5.84 Å². The summed E-state index contributed by atoms with van der Waals surface area (Å²) in [5, 5.41) is 7.73. The van der Waals surface area contributed by atoms with Gasteiger partial charge in [-0.3, -0.25) is 14.9 Å². The van der Waals surface area contributed by atoms with Crippen molar-refractivity contribution in [3.8, 4) is 0 Å². The number of carbonyl (C=O) groups is 1. The van der Waals surface area contributed by atoms with E-state index in [4.69, 9.17) is 5.84 Å². The molecular formula is C13H26N6O. The zero-order valence-corrected chi connectivity index (χ0v) is 12.5. The number of amides is 1. The van der Waals surface area contributed by atoms with Gasteiger partial charge in [0.15, 0.2) is 5.69 Å². The highest BCUT2D eigenvalue weighted by Crippen LogP contribution is 2.00. The minimum atomic E-state index is -0.412. The molecule has 0 radical (unpaired) electrons. The van der Waals surface area contributed by atoms with Gasteiger partial charge in [-0.05, 0) is 25.9 Å². The average molecular weight is 282 g/mol. The number of hydrogen-bond acceptors (Lipinski definition) is 5. The third-order valence-corrected chi connectivity index (χ3v) is 3.20. The van der Waals surface area contributed by atoms with Gasteiger partial charge in [0.05, 0.1) is 12.7 Å². The first-order valence-corrected chi connectivity index (χ1v) is 7.34. The second-order valence-electron chi connectivity index (χ2n) is 4.89. The highest BCUT2D eigenvalue weighted by Gasteiger charge is 2.10. The van der Waals surface area contributed by atoms with Crippen LogP contribution in [0.25, 0.3) is 0 Å². The molecule has 7 heteroatoms. The third kappa shape index (κ3) is 5.66. The maximum Gasteiger partial charge on any atom is 0.287 e. The minimum Gasteiger partial charge on any atom is -0.301 e. The molecule has 3 N–H and O–H groups in total. The summed E-state index contributed by atoms with van der Waals surface area (Å²) >= 11 is 0. The lowest BCUT2D eigenvalue weighted by Gasteiger charge is -2.21. The van der Waals surface area contributed by atoms with Gasteiger partial charge in [-0.25, -0.2) is 5.84 Å². The van der Waals surface area contributed by atoms with Gasteiger partial charge in [0.2, 0.25) is 0 Å². The predicted molar refractivity (Wildman–Crippen MR) is 77.9 cm³/mol. The Balaban J connectivity index is 2.44. The Labute approximate surface area is 120 Å². The Kier molecular flexibility index (Phi) is 7.82. The quantitative estimate of drug-likeness (QED) is 0.376. The van der Waals surface area contributed by atoms with Crippen molar-refractivity contribution in [3.05, 3.63) is 11.9 Å². The molecule has 1 amide bonds. The smallest absolute Gasteiger partial charge is 0.287 e. The second kappa shape index (κ2) is 9.44. The van der Waals surface area contributed by atoms with Crippen LogP contribution in [0.3, 0.4) is 0 Å². The van der Waals surface area contributed by atoms with Crippen LogP contribution < -0.4 is 11.3 Å². The Morgan fingerprint density at radius 1 is 1.30 bits per heavy atom. The van der Waals surface area contributed by atoms with Gasteiger partial charge in [0, 0.05) is 6.54 Å². The summed E-state index contributed by atoms with van der Waals surface area (Å²) in [5.41, 5.74) is 2.30. The summed E-state index contributed by atoms with van der Waals surface area (Å²) < 4.78 is 1.69. The van der Waals surface area contributed by atoms with E-state index in [1.807, 2.05) is 0 Å². The van der Waals surface area contributed by atoms with Crippen LogP contribution in [0.5, 0.6) is 0 Å². The van der Waals surface area contributed by atoms with E-state index in [0.29, 0.717) is 0 Å². The standard InChI is InChI=1S/C13H26N6O/c1-3-5-7-18(8-6-4-2)9-10-19-11-12(16-17-19)13(20)15-14/h11H,3-10,14H2,1-2H3,(H,15,20). The number of unbranched alkanes of at least 4 members (excludes halogenated alkanes) is 2. The van der Waals surface area contributed by atoms with Crippen molar-refractivity contribution >= 4 is 5.91 Å². The van der Waals surface area contributed by atoms with Crippen molar-refractivity contribution in [1.29, 1.82) is 0 Å². The molecule has 0 aliphatic rings. The molecule has 0 aliphatic carbocycles. The first-order valence-electron chi connectivity index (χ1n) is 7.34. The molecule has 1 rings (SSSR count). The molecule has 0 spiro atoms. The maximum atomic E-state index is 11.3. The topological polar surface area (TPSA) is 89.1 Å². The monoisotopic (exact) mass is 282 g/mol. The number of nitrogens with zero attached hydrogens (tertiary/aromatic N) is 4. The van der Waals surface area contributed by atoms with Crippen LogP contribution in [0.1, 0.15) is 50.0 Å². The van der Waals surface area contributed by atoms with Gasteiger partial charge < -0.3 is 4.90 Å². The molecule has 1 heterocycles. The first kappa shape index (κ1) is 16.6. The van der Waals surface area contributed by atoms with Crippen molar-refractivity contribution in [2.45, 2.75) is 46.1 Å². The Bertz CT molecular complexity index is 384. The zero-order valence-electron chi connectivity index (χ0n) is 12.5. The van der Waals surface area contributed by atoms with E-state index in [1.165, 1.54) is 25.7 Å². The Morgan fingerprint density at radius 3 is 2.50 bits per heavy atom. The van der Waals surface area contributed by atoms with E-state index in [-0.39, 0.29) is 5.69 Å². The lowest BCUT2D eigenvalue weighted by Crippen LogP contribution is -2.30. The summed E-state index contributed by atoms with van der Waals surface area (Å²) in [6.45, 7) is 8.29. The lowest BCUT2D eigenvalue weighted by molar-refractivity contribution is 0.0948. The van der Waals surface area contributed by atoms with Crippen LogP contribution >= 0.6 is 0 Å². The highest BCUT2D eigenvalue weighted by molar-refractivity contribution is 5.91. The van der Waals surface area contributed by atoms with Gasteiger partial charge >= 0.3 is 0 Å². The van der Waals surface area contributed by atoms with Crippen LogP contribution in [0.2, 0.25) is 0 Å². The van der Waals surface area contributed by atoms with Gasteiger partial charge in [-0.1, -0.05) is 31.9 Å². The van der Waals surface area contributed by atoms with E-state index >= 15 is 0 Å². The summed E-state index contributed by atoms with van der Waals surface area (Å²) in [6, 6.07) is 0.